The average Bonchev–Trinajstić information content (AvgIpc) is 3.02. The number of amides is 1. The van der Waals surface area contributed by atoms with E-state index in [1.807, 2.05) is 12.1 Å². The second kappa shape index (κ2) is 5.24. The second-order valence-corrected chi connectivity index (χ2v) is 5.73. The molecule has 5 nitrogen and oxygen atoms in total. The summed E-state index contributed by atoms with van der Waals surface area (Å²) in [6.45, 7) is 2.62. The van der Waals surface area contributed by atoms with E-state index in [0.717, 1.165) is 11.5 Å². The van der Waals surface area contributed by atoms with Crippen molar-refractivity contribution >= 4 is 5.91 Å². The molecule has 0 bridgehead atoms. The molecule has 1 aliphatic carbocycles. The van der Waals surface area contributed by atoms with Crippen molar-refractivity contribution in [3.05, 3.63) is 57.9 Å². The maximum Gasteiger partial charge on any atom is 0.255 e. The molecule has 0 aromatic carbocycles. The van der Waals surface area contributed by atoms with Gasteiger partial charge in [-0.05, 0) is 30.5 Å². The van der Waals surface area contributed by atoms with Crippen LogP contribution in [0.1, 0.15) is 41.1 Å². The number of hydrogen-bond acceptors (Lipinski definition) is 3. The highest BCUT2D eigenvalue weighted by Gasteiger charge is 2.36. The molecule has 2 atom stereocenters. The van der Waals surface area contributed by atoms with Crippen molar-refractivity contribution in [1.82, 2.24) is 9.88 Å². The molecule has 2 heterocycles. The Bertz CT molecular complexity index is 696. The van der Waals surface area contributed by atoms with E-state index in [4.69, 9.17) is 4.42 Å². The number of hydrogen-bond donors (Lipinski definition) is 1. The highest BCUT2D eigenvalue weighted by Crippen LogP contribution is 2.47. The standard InChI is InChI=1S/C16H18N2O3/c1-10-7-13(10)14-5-4-12(21-14)9-18(2)16(20)11-3-6-15(19)17-8-11/h3-6,8,10,13H,7,9H2,1-2H3,(H,17,19). The first-order chi connectivity index (χ1) is 10.0. The van der Waals surface area contributed by atoms with Crippen LogP contribution in [0.3, 0.4) is 0 Å². The Morgan fingerprint density at radius 1 is 1.38 bits per heavy atom. The van der Waals surface area contributed by atoms with Gasteiger partial charge in [0.15, 0.2) is 0 Å². The van der Waals surface area contributed by atoms with Gasteiger partial charge >= 0.3 is 0 Å². The number of aromatic nitrogens is 1. The number of carbonyl (C=O) groups is 1. The summed E-state index contributed by atoms with van der Waals surface area (Å²) in [6, 6.07) is 6.80. The quantitative estimate of drug-likeness (QED) is 0.938. The molecule has 0 radical (unpaired) electrons. The lowest BCUT2D eigenvalue weighted by atomic mass is 10.2. The molecular weight excluding hydrogens is 268 g/mol. The summed E-state index contributed by atoms with van der Waals surface area (Å²) >= 11 is 0. The third-order valence-corrected chi connectivity index (χ3v) is 3.93. The smallest absolute Gasteiger partial charge is 0.255 e. The van der Waals surface area contributed by atoms with Crippen molar-refractivity contribution in [2.45, 2.75) is 25.8 Å². The number of nitrogens with zero attached hydrogens (tertiary/aromatic N) is 1. The number of carbonyl (C=O) groups excluding carboxylic acids is 1. The summed E-state index contributed by atoms with van der Waals surface area (Å²) in [5.41, 5.74) is 0.239. The van der Waals surface area contributed by atoms with Crippen LogP contribution in [0.2, 0.25) is 0 Å². The van der Waals surface area contributed by atoms with E-state index in [2.05, 4.69) is 11.9 Å². The zero-order chi connectivity index (χ0) is 15.0. The highest BCUT2D eigenvalue weighted by atomic mass is 16.3. The Kier molecular flexibility index (Phi) is 3.41. The van der Waals surface area contributed by atoms with Crippen LogP contribution < -0.4 is 5.56 Å². The summed E-state index contributed by atoms with van der Waals surface area (Å²) in [5, 5.41) is 0. The third-order valence-electron chi connectivity index (χ3n) is 3.93. The predicted octanol–water partition coefficient (Wildman–Crippen LogP) is 2.36. The van der Waals surface area contributed by atoms with Crippen LogP contribution in [0.5, 0.6) is 0 Å². The maximum atomic E-state index is 12.2. The van der Waals surface area contributed by atoms with Gasteiger partial charge in [-0.1, -0.05) is 6.92 Å². The first-order valence-electron chi connectivity index (χ1n) is 7.07. The maximum absolute atomic E-state index is 12.2. The Morgan fingerprint density at radius 3 is 2.76 bits per heavy atom. The summed E-state index contributed by atoms with van der Waals surface area (Å²) in [7, 11) is 1.72. The fourth-order valence-corrected chi connectivity index (χ4v) is 2.47. The second-order valence-electron chi connectivity index (χ2n) is 5.73. The van der Waals surface area contributed by atoms with E-state index >= 15 is 0 Å². The molecule has 1 N–H and O–H groups in total. The monoisotopic (exact) mass is 286 g/mol. The van der Waals surface area contributed by atoms with Crippen molar-refractivity contribution in [2.75, 3.05) is 7.05 Å². The average molecular weight is 286 g/mol. The molecule has 0 saturated heterocycles. The Hall–Kier alpha value is -2.30. The highest BCUT2D eigenvalue weighted by molar-refractivity contribution is 5.93. The van der Waals surface area contributed by atoms with Gasteiger partial charge in [0, 0.05) is 25.2 Å². The molecule has 5 heteroatoms. The lowest BCUT2D eigenvalue weighted by molar-refractivity contribution is 0.0774. The van der Waals surface area contributed by atoms with Gasteiger partial charge in [0.2, 0.25) is 5.56 Å². The van der Waals surface area contributed by atoms with Gasteiger partial charge in [0.25, 0.3) is 5.91 Å². The molecule has 110 valence electrons. The molecule has 1 amide bonds. The van der Waals surface area contributed by atoms with Crippen LogP contribution in [0.15, 0.2) is 39.7 Å². The predicted molar refractivity (Wildman–Crippen MR) is 78.1 cm³/mol. The van der Waals surface area contributed by atoms with E-state index in [9.17, 15) is 9.59 Å². The van der Waals surface area contributed by atoms with E-state index < -0.39 is 0 Å². The van der Waals surface area contributed by atoms with E-state index in [-0.39, 0.29) is 11.5 Å². The molecule has 2 unspecified atom stereocenters. The number of nitrogens with one attached hydrogen (secondary N) is 1. The number of pyridine rings is 1. The van der Waals surface area contributed by atoms with Gasteiger partial charge in [-0.2, -0.15) is 0 Å². The van der Waals surface area contributed by atoms with Gasteiger partial charge in [0.05, 0.1) is 12.1 Å². The van der Waals surface area contributed by atoms with Crippen molar-refractivity contribution in [3.63, 3.8) is 0 Å². The van der Waals surface area contributed by atoms with Crippen LogP contribution in [-0.4, -0.2) is 22.8 Å². The lowest BCUT2D eigenvalue weighted by Gasteiger charge is -2.15. The van der Waals surface area contributed by atoms with Crippen LogP contribution in [0.4, 0.5) is 0 Å². The molecule has 21 heavy (non-hydrogen) atoms. The van der Waals surface area contributed by atoms with E-state index in [0.29, 0.717) is 23.9 Å². The number of rotatable bonds is 4. The molecular formula is C16H18N2O3. The Balaban J connectivity index is 1.66. The molecule has 1 fully saturated rings. The number of furan rings is 1. The summed E-state index contributed by atoms with van der Waals surface area (Å²) in [4.78, 5) is 27.3. The fourth-order valence-electron chi connectivity index (χ4n) is 2.47. The van der Waals surface area contributed by atoms with Crippen LogP contribution in [-0.2, 0) is 6.54 Å². The molecule has 1 aliphatic rings. The molecule has 2 aromatic heterocycles. The summed E-state index contributed by atoms with van der Waals surface area (Å²) < 4.78 is 5.80. The zero-order valence-corrected chi connectivity index (χ0v) is 12.1. The van der Waals surface area contributed by atoms with Crippen molar-refractivity contribution < 1.29 is 9.21 Å². The van der Waals surface area contributed by atoms with Gasteiger partial charge < -0.3 is 14.3 Å². The normalized spacial score (nSPS) is 20.3. The minimum atomic E-state index is -0.219. The van der Waals surface area contributed by atoms with Crippen molar-refractivity contribution in [3.8, 4) is 0 Å². The SMILES string of the molecule is CC1CC1c1ccc(CN(C)C(=O)c2ccc(=O)[nH]c2)o1. The van der Waals surface area contributed by atoms with Gasteiger partial charge in [0.1, 0.15) is 11.5 Å². The first-order valence-corrected chi connectivity index (χ1v) is 7.07. The number of aromatic amines is 1. The molecule has 3 rings (SSSR count). The molecule has 0 aliphatic heterocycles. The zero-order valence-electron chi connectivity index (χ0n) is 12.1. The van der Waals surface area contributed by atoms with Crippen molar-refractivity contribution in [1.29, 1.82) is 0 Å². The first kappa shape index (κ1) is 13.7. The largest absolute Gasteiger partial charge is 0.464 e. The lowest BCUT2D eigenvalue weighted by Crippen LogP contribution is -2.26. The topological polar surface area (TPSA) is 66.3 Å². The van der Waals surface area contributed by atoms with E-state index in [1.54, 1.807) is 11.9 Å². The Morgan fingerprint density at radius 2 is 2.14 bits per heavy atom. The van der Waals surface area contributed by atoms with Crippen molar-refractivity contribution in [2.24, 2.45) is 5.92 Å². The number of H-pyrrole nitrogens is 1. The van der Waals surface area contributed by atoms with Crippen LogP contribution in [0, 0.1) is 5.92 Å². The summed E-state index contributed by atoms with van der Waals surface area (Å²) in [6.07, 6.45) is 2.61. The van der Waals surface area contributed by atoms with Gasteiger partial charge in [-0.3, -0.25) is 9.59 Å². The van der Waals surface area contributed by atoms with Crippen LogP contribution >= 0.6 is 0 Å². The molecule has 2 aromatic rings. The third kappa shape index (κ3) is 2.91. The fraction of sp³-hybridized carbons (Fsp3) is 0.375. The van der Waals surface area contributed by atoms with Crippen LogP contribution in [0.25, 0.3) is 0 Å². The Labute approximate surface area is 122 Å². The molecule has 0 spiro atoms. The van der Waals surface area contributed by atoms with Gasteiger partial charge in [-0.25, -0.2) is 0 Å². The minimum absolute atomic E-state index is 0.149. The van der Waals surface area contributed by atoms with Gasteiger partial charge in [-0.15, -0.1) is 0 Å². The minimum Gasteiger partial charge on any atom is -0.464 e. The molecule has 1 saturated carbocycles. The summed E-state index contributed by atoms with van der Waals surface area (Å²) in [5.74, 6) is 2.89. The van der Waals surface area contributed by atoms with E-state index in [1.165, 1.54) is 24.8 Å².